The summed E-state index contributed by atoms with van der Waals surface area (Å²) in [4.78, 5) is 0. The van der Waals surface area contributed by atoms with Crippen LogP contribution in [-0.2, 0) is 14.2 Å². The molecule has 0 aliphatic carbocycles. The predicted octanol–water partition coefficient (Wildman–Crippen LogP) is 5.75. The molecule has 29 heavy (non-hydrogen) atoms. The van der Waals surface area contributed by atoms with Gasteiger partial charge in [0.05, 0.1) is 5.88 Å². The van der Waals surface area contributed by atoms with Crippen molar-refractivity contribution in [2.24, 2.45) is 0 Å². The number of rotatable bonds is 10. The first-order valence-corrected chi connectivity index (χ1v) is 7.33. The average Bonchev–Trinajstić information content (AvgIpc) is 2.48. The molecule has 0 spiro atoms. The Kier molecular flexibility index (Phi) is 9.15. The molecule has 3 nitrogen and oxygen atoms in total. The number of ether oxygens (including phenoxy) is 3. The van der Waals surface area contributed by atoms with E-state index in [9.17, 15) is 61.5 Å². The smallest absolute Gasteiger partial charge is 0.343 e. The molecule has 0 aromatic rings. The number of hydrogen-bond donors (Lipinski definition) is 0. The normalized spacial score (nSPS) is 19.0. The van der Waals surface area contributed by atoms with Crippen LogP contribution >= 0.6 is 23.2 Å². The Hall–Kier alpha value is -0.520. The minimum atomic E-state index is -7.22. The summed E-state index contributed by atoms with van der Waals surface area (Å²) in [5.74, 6) is -8.20. The van der Waals surface area contributed by atoms with Gasteiger partial charge in [0.15, 0.2) is 0 Å². The van der Waals surface area contributed by atoms with E-state index in [1.165, 1.54) is 0 Å². The molecule has 4 unspecified atom stereocenters. The summed E-state index contributed by atoms with van der Waals surface area (Å²) in [5.41, 5.74) is -2.19. The maximum atomic E-state index is 13.4. The minimum absolute atomic E-state index is 0.981. The quantitative estimate of drug-likeness (QED) is 0.277. The van der Waals surface area contributed by atoms with Crippen LogP contribution in [0.1, 0.15) is 0 Å². The van der Waals surface area contributed by atoms with E-state index in [4.69, 9.17) is 23.2 Å². The number of alkyl halides is 16. The monoisotopic (exact) mass is 510 g/mol. The summed E-state index contributed by atoms with van der Waals surface area (Å²) >= 11 is 9.90. The van der Waals surface area contributed by atoms with Gasteiger partial charge in [-0.1, -0.05) is 11.6 Å². The van der Waals surface area contributed by atoms with Gasteiger partial charge in [0.25, 0.3) is 6.36 Å². The van der Waals surface area contributed by atoms with Crippen LogP contribution in [0.3, 0.4) is 0 Å². The molecule has 0 rings (SSSR count). The Morgan fingerprint density at radius 3 is 1.55 bits per heavy atom. The van der Waals surface area contributed by atoms with Crippen LogP contribution in [0, 0.1) is 0 Å². The molecule has 0 saturated heterocycles. The molecule has 0 fully saturated rings. The summed E-state index contributed by atoms with van der Waals surface area (Å²) in [7, 11) is 0. The SMILES string of the molecule is FC(OC(F)(F)C(F)OC(F)(F)C(F)(F)C(F)(F)F)C(OC(Cl)CCl)C(F)(F)F. The lowest BCUT2D eigenvalue weighted by Crippen LogP contribution is -2.56. The lowest BCUT2D eigenvalue weighted by molar-refractivity contribution is -0.473. The topological polar surface area (TPSA) is 27.7 Å². The molecule has 0 amide bonds. The van der Waals surface area contributed by atoms with E-state index in [1.54, 1.807) is 0 Å². The summed E-state index contributed by atoms with van der Waals surface area (Å²) in [6.07, 6.45) is -40.0. The van der Waals surface area contributed by atoms with E-state index in [0.29, 0.717) is 0 Å². The molecule has 0 aliphatic heterocycles. The minimum Gasteiger partial charge on any atom is -0.343 e. The first-order chi connectivity index (χ1) is 12.6. The zero-order valence-electron chi connectivity index (χ0n) is 12.8. The van der Waals surface area contributed by atoms with Crippen molar-refractivity contribution in [3.8, 4) is 0 Å². The van der Waals surface area contributed by atoms with Gasteiger partial charge in [-0.15, -0.1) is 11.6 Å². The third-order valence-corrected chi connectivity index (χ3v) is 3.18. The van der Waals surface area contributed by atoms with Gasteiger partial charge in [0.1, 0.15) is 5.56 Å². The van der Waals surface area contributed by atoms with Crippen LogP contribution in [0.5, 0.6) is 0 Å². The van der Waals surface area contributed by atoms with Crippen LogP contribution in [0.4, 0.5) is 61.5 Å². The van der Waals surface area contributed by atoms with Crippen molar-refractivity contribution >= 4 is 23.2 Å². The summed E-state index contributed by atoms with van der Waals surface area (Å²) in [6, 6.07) is 0. The molecular formula is C10H6Cl2F14O3. The second-order valence-electron chi connectivity index (χ2n) is 4.72. The standard InChI is InChI=1S/C10H6Cl2F14O3/c11-1-2(12)27-3(6(15,16)17)4(13)28-7(18,19)5(14)29-10(25,26)8(20,21)9(22,23)24/h2-5H,1H2. The van der Waals surface area contributed by atoms with Gasteiger partial charge in [-0.3, -0.25) is 9.47 Å². The van der Waals surface area contributed by atoms with E-state index >= 15 is 0 Å². The van der Waals surface area contributed by atoms with Crippen molar-refractivity contribution in [1.82, 2.24) is 0 Å². The van der Waals surface area contributed by atoms with Crippen LogP contribution in [-0.4, -0.2) is 60.8 Å². The summed E-state index contributed by atoms with van der Waals surface area (Å²) < 4.78 is 184. The fourth-order valence-corrected chi connectivity index (χ4v) is 1.37. The molecule has 0 aliphatic rings. The lowest BCUT2D eigenvalue weighted by Gasteiger charge is -2.32. The Morgan fingerprint density at radius 1 is 0.759 bits per heavy atom. The maximum Gasteiger partial charge on any atom is 0.462 e. The molecule has 4 atom stereocenters. The fraction of sp³-hybridized carbons (Fsp3) is 1.00. The third-order valence-electron chi connectivity index (χ3n) is 2.48. The fourth-order valence-electron chi connectivity index (χ4n) is 1.19. The molecule has 0 aromatic carbocycles. The van der Waals surface area contributed by atoms with Crippen molar-refractivity contribution in [2.45, 2.75) is 54.9 Å². The highest BCUT2D eigenvalue weighted by Crippen LogP contribution is 2.48. The molecule has 0 bridgehead atoms. The van der Waals surface area contributed by atoms with Crippen LogP contribution in [0.15, 0.2) is 0 Å². The second kappa shape index (κ2) is 9.32. The molecule has 176 valence electrons. The van der Waals surface area contributed by atoms with E-state index in [2.05, 4.69) is 9.47 Å². The van der Waals surface area contributed by atoms with E-state index < -0.39 is 60.8 Å². The largest absolute Gasteiger partial charge is 0.462 e. The zero-order chi connectivity index (χ0) is 23.6. The molecule has 0 saturated carbocycles. The molecular weight excluding hydrogens is 505 g/mol. The van der Waals surface area contributed by atoms with Gasteiger partial charge in [0.2, 0.25) is 12.5 Å². The summed E-state index contributed by atoms with van der Waals surface area (Å²) in [6.45, 7) is 0. The van der Waals surface area contributed by atoms with Crippen molar-refractivity contribution in [3.05, 3.63) is 0 Å². The first-order valence-electron chi connectivity index (χ1n) is 6.36. The molecule has 0 radical (unpaired) electrons. The molecule has 0 N–H and O–H groups in total. The van der Waals surface area contributed by atoms with E-state index in [-0.39, 0.29) is 0 Å². The van der Waals surface area contributed by atoms with Crippen molar-refractivity contribution in [3.63, 3.8) is 0 Å². The summed E-state index contributed by atoms with van der Waals surface area (Å²) in [5, 5.41) is 0. The third kappa shape index (κ3) is 7.29. The van der Waals surface area contributed by atoms with E-state index in [1.807, 2.05) is 4.74 Å². The van der Waals surface area contributed by atoms with Gasteiger partial charge in [-0.05, 0) is 0 Å². The highest BCUT2D eigenvalue weighted by molar-refractivity contribution is 6.27. The zero-order valence-corrected chi connectivity index (χ0v) is 14.3. The van der Waals surface area contributed by atoms with Crippen LogP contribution < -0.4 is 0 Å². The van der Waals surface area contributed by atoms with Gasteiger partial charge < -0.3 is 4.74 Å². The Labute approximate surface area is 160 Å². The van der Waals surface area contributed by atoms with Crippen molar-refractivity contribution < 1.29 is 75.7 Å². The van der Waals surface area contributed by atoms with Crippen LogP contribution in [0.25, 0.3) is 0 Å². The van der Waals surface area contributed by atoms with Gasteiger partial charge >= 0.3 is 30.5 Å². The van der Waals surface area contributed by atoms with Crippen LogP contribution in [0.2, 0.25) is 0 Å². The van der Waals surface area contributed by atoms with Crippen molar-refractivity contribution in [2.75, 3.05) is 5.88 Å². The molecule has 19 heteroatoms. The highest BCUT2D eigenvalue weighted by atomic mass is 35.5. The Balaban J connectivity index is 5.46. The van der Waals surface area contributed by atoms with Crippen molar-refractivity contribution in [1.29, 1.82) is 0 Å². The molecule has 0 heterocycles. The molecule has 0 aromatic heterocycles. The Morgan fingerprint density at radius 2 is 1.21 bits per heavy atom. The highest BCUT2D eigenvalue weighted by Gasteiger charge is 2.76. The number of hydrogen-bond acceptors (Lipinski definition) is 3. The predicted molar refractivity (Wildman–Crippen MR) is 64.1 cm³/mol. The Bertz CT molecular complexity index is 525. The first kappa shape index (κ1) is 28.5. The second-order valence-corrected chi connectivity index (χ2v) is 5.51. The van der Waals surface area contributed by atoms with E-state index in [0.717, 1.165) is 0 Å². The lowest BCUT2D eigenvalue weighted by atomic mass is 10.3. The van der Waals surface area contributed by atoms with Gasteiger partial charge in [-0.25, -0.2) is 8.78 Å². The van der Waals surface area contributed by atoms with Gasteiger partial charge in [0, 0.05) is 0 Å². The number of halogens is 16. The average molecular weight is 511 g/mol. The maximum absolute atomic E-state index is 13.4. The van der Waals surface area contributed by atoms with Gasteiger partial charge in [-0.2, -0.15) is 52.7 Å².